The molecule has 1 aliphatic rings. The second-order valence-corrected chi connectivity index (χ2v) is 5.76. The van der Waals surface area contributed by atoms with E-state index in [1.165, 1.54) is 7.11 Å². The predicted molar refractivity (Wildman–Crippen MR) is 78.2 cm³/mol. The van der Waals surface area contributed by atoms with Crippen molar-refractivity contribution in [3.05, 3.63) is 0 Å². The number of methoxy groups -OCH3 is 1. The van der Waals surface area contributed by atoms with Gasteiger partial charge in [-0.15, -0.1) is 0 Å². The first-order valence-corrected chi connectivity index (χ1v) is 8.20. The highest BCUT2D eigenvalue weighted by Gasteiger charge is 2.21. The van der Waals surface area contributed by atoms with E-state index in [1.54, 1.807) is 0 Å². The Labute approximate surface area is 124 Å². The maximum atomic E-state index is 12.0. The number of alkyl halides is 1. The molecule has 110 valence electrons. The molecule has 0 aromatic carbocycles. The van der Waals surface area contributed by atoms with Gasteiger partial charge in [0.15, 0.2) is 0 Å². The summed E-state index contributed by atoms with van der Waals surface area (Å²) in [7, 11) is 1.41. The first kappa shape index (κ1) is 16.5. The molecular formula is C14H24BrNO3. The minimum Gasteiger partial charge on any atom is -0.469 e. The van der Waals surface area contributed by atoms with Crippen molar-refractivity contribution in [2.24, 2.45) is 5.92 Å². The smallest absolute Gasteiger partial charge is 0.305 e. The van der Waals surface area contributed by atoms with Crippen molar-refractivity contribution in [3.63, 3.8) is 0 Å². The van der Waals surface area contributed by atoms with Gasteiger partial charge in [-0.3, -0.25) is 9.59 Å². The van der Waals surface area contributed by atoms with Crippen LogP contribution in [0, 0.1) is 5.92 Å². The van der Waals surface area contributed by atoms with Crippen LogP contribution in [0.25, 0.3) is 0 Å². The second-order valence-electron chi connectivity index (χ2n) is 5.12. The number of esters is 1. The number of carbonyl (C=O) groups excluding carboxylic acids is 2. The Balaban J connectivity index is 2.06. The summed E-state index contributed by atoms with van der Waals surface area (Å²) in [6, 6.07) is 0. The molecule has 0 unspecified atom stereocenters. The Hall–Kier alpha value is -0.580. The number of ether oxygens (including phenoxy) is 1. The van der Waals surface area contributed by atoms with Gasteiger partial charge >= 0.3 is 5.97 Å². The van der Waals surface area contributed by atoms with E-state index in [0.29, 0.717) is 12.8 Å². The number of halogens is 1. The maximum Gasteiger partial charge on any atom is 0.305 e. The fourth-order valence-electron chi connectivity index (χ4n) is 2.32. The van der Waals surface area contributed by atoms with Crippen LogP contribution in [0.3, 0.4) is 0 Å². The molecule has 0 aliphatic carbocycles. The maximum absolute atomic E-state index is 12.0. The number of nitrogens with zero attached hydrogens (tertiary/aromatic N) is 1. The molecule has 0 spiro atoms. The molecule has 0 atom stereocenters. The molecule has 1 rings (SSSR count). The number of amides is 1. The van der Waals surface area contributed by atoms with Crippen LogP contribution in [-0.2, 0) is 14.3 Å². The van der Waals surface area contributed by atoms with Crippen LogP contribution in [-0.4, -0.2) is 42.3 Å². The summed E-state index contributed by atoms with van der Waals surface area (Å²) >= 11 is 3.50. The van der Waals surface area contributed by atoms with E-state index in [0.717, 1.165) is 56.4 Å². The first-order valence-electron chi connectivity index (χ1n) is 7.08. The molecule has 1 amide bonds. The van der Waals surface area contributed by atoms with Crippen LogP contribution in [0.15, 0.2) is 0 Å². The van der Waals surface area contributed by atoms with Gasteiger partial charge in [0, 0.05) is 31.3 Å². The van der Waals surface area contributed by atoms with E-state index in [4.69, 9.17) is 0 Å². The van der Waals surface area contributed by atoms with Crippen molar-refractivity contribution in [1.82, 2.24) is 4.90 Å². The standard InChI is InChI=1S/C14H24BrNO3/c1-19-14(18)6-4-2-3-5-13(17)16-9-7-12(11-15)8-10-16/h12H,2-11H2,1H3. The molecule has 4 nitrogen and oxygen atoms in total. The van der Waals surface area contributed by atoms with Gasteiger partial charge in [0.2, 0.25) is 5.91 Å². The SMILES string of the molecule is COC(=O)CCCCCC(=O)N1CCC(CBr)CC1. The van der Waals surface area contributed by atoms with Crippen molar-refractivity contribution < 1.29 is 14.3 Å². The van der Waals surface area contributed by atoms with Crippen LogP contribution in [0.4, 0.5) is 0 Å². The van der Waals surface area contributed by atoms with E-state index >= 15 is 0 Å². The third kappa shape index (κ3) is 6.41. The highest BCUT2D eigenvalue weighted by atomic mass is 79.9. The third-order valence-electron chi connectivity index (χ3n) is 3.68. The lowest BCUT2D eigenvalue weighted by molar-refractivity contribution is -0.140. The minimum atomic E-state index is -0.164. The topological polar surface area (TPSA) is 46.6 Å². The van der Waals surface area contributed by atoms with Crippen molar-refractivity contribution in [1.29, 1.82) is 0 Å². The monoisotopic (exact) mass is 333 g/mol. The Bertz CT molecular complexity index is 288. The summed E-state index contributed by atoms with van der Waals surface area (Å²) in [5.41, 5.74) is 0. The highest BCUT2D eigenvalue weighted by Crippen LogP contribution is 2.20. The van der Waals surface area contributed by atoms with E-state index in [2.05, 4.69) is 20.7 Å². The fourth-order valence-corrected chi connectivity index (χ4v) is 2.97. The molecule has 19 heavy (non-hydrogen) atoms. The average molecular weight is 334 g/mol. The van der Waals surface area contributed by atoms with Crippen LogP contribution in [0.5, 0.6) is 0 Å². The summed E-state index contributed by atoms with van der Waals surface area (Å²) < 4.78 is 4.58. The molecule has 1 aliphatic heterocycles. The Morgan fingerprint density at radius 1 is 1.16 bits per heavy atom. The lowest BCUT2D eigenvalue weighted by Crippen LogP contribution is -2.38. The average Bonchev–Trinajstić information content (AvgIpc) is 2.46. The van der Waals surface area contributed by atoms with Crippen molar-refractivity contribution in [2.75, 3.05) is 25.5 Å². The van der Waals surface area contributed by atoms with E-state index in [1.807, 2.05) is 4.90 Å². The van der Waals surface area contributed by atoms with Gasteiger partial charge in [0.05, 0.1) is 7.11 Å². The molecule has 0 radical (unpaired) electrons. The van der Waals surface area contributed by atoms with Gasteiger partial charge in [-0.25, -0.2) is 0 Å². The molecule has 0 saturated carbocycles. The number of piperidine rings is 1. The number of likely N-dealkylation sites (tertiary alicyclic amines) is 1. The molecule has 1 heterocycles. The predicted octanol–water partition coefficient (Wildman–Crippen LogP) is 2.74. The van der Waals surface area contributed by atoms with Crippen molar-refractivity contribution in [3.8, 4) is 0 Å². The largest absolute Gasteiger partial charge is 0.469 e. The number of hydrogen-bond acceptors (Lipinski definition) is 3. The Morgan fingerprint density at radius 2 is 1.79 bits per heavy atom. The second kappa shape index (κ2) is 9.34. The Morgan fingerprint density at radius 3 is 2.37 bits per heavy atom. The number of carbonyl (C=O) groups is 2. The summed E-state index contributed by atoms with van der Waals surface area (Å²) in [5.74, 6) is 0.832. The van der Waals surface area contributed by atoms with Gasteiger partial charge in [-0.2, -0.15) is 0 Å². The quantitative estimate of drug-likeness (QED) is 0.409. The van der Waals surface area contributed by atoms with Gasteiger partial charge in [-0.05, 0) is 31.6 Å². The summed E-state index contributed by atoms with van der Waals surface area (Å²) in [4.78, 5) is 24.9. The normalized spacial score (nSPS) is 16.4. The van der Waals surface area contributed by atoms with Gasteiger partial charge in [0.25, 0.3) is 0 Å². The van der Waals surface area contributed by atoms with Crippen molar-refractivity contribution in [2.45, 2.75) is 44.9 Å². The number of rotatable bonds is 7. The van der Waals surface area contributed by atoms with Crippen LogP contribution >= 0.6 is 15.9 Å². The fraction of sp³-hybridized carbons (Fsp3) is 0.857. The van der Waals surface area contributed by atoms with E-state index in [9.17, 15) is 9.59 Å². The third-order valence-corrected chi connectivity index (χ3v) is 4.60. The zero-order valence-electron chi connectivity index (χ0n) is 11.7. The highest BCUT2D eigenvalue weighted by molar-refractivity contribution is 9.09. The lowest BCUT2D eigenvalue weighted by Gasteiger charge is -2.31. The molecule has 1 saturated heterocycles. The van der Waals surface area contributed by atoms with E-state index in [-0.39, 0.29) is 11.9 Å². The molecule has 5 heteroatoms. The molecule has 0 aromatic rings. The van der Waals surface area contributed by atoms with Gasteiger partial charge < -0.3 is 9.64 Å². The van der Waals surface area contributed by atoms with Crippen LogP contribution in [0.2, 0.25) is 0 Å². The molecule has 0 bridgehead atoms. The molecule has 0 N–H and O–H groups in total. The molecule has 0 aromatic heterocycles. The van der Waals surface area contributed by atoms with Gasteiger partial charge in [-0.1, -0.05) is 22.4 Å². The molecular weight excluding hydrogens is 310 g/mol. The zero-order chi connectivity index (χ0) is 14.1. The number of hydrogen-bond donors (Lipinski definition) is 0. The van der Waals surface area contributed by atoms with Gasteiger partial charge in [0.1, 0.15) is 0 Å². The van der Waals surface area contributed by atoms with Crippen molar-refractivity contribution >= 4 is 27.8 Å². The summed E-state index contributed by atoms with van der Waals surface area (Å²) in [5, 5.41) is 1.04. The van der Waals surface area contributed by atoms with Crippen LogP contribution < -0.4 is 0 Å². The summed E-state index contributed by atoms with van der Waals surface area (Å²) in [6.07, 6.45) is 5.89. The Kier molecular flexibility index (Phi) is 8.10. The summed E-state index contributed by atoms with van der Waals surface area (Å²) in [6.45, 7) is 1.80. The minimum absolute atomic E-state index is 0.164. The zero-order valence-corrected chi connectivity index (χ0v) is 13.3. The van der Waals surface area contributed by atoms with E-state index < -0.39 is 0 Å². The van der Waals surface area contributed by atoms with Crippen LogP contribution in [0.1, 0.15) is 44.9 Å². The lowest BCUT2D eigenvalue weighted by atomic mass is 9.99. The first-order chi connectivity index (χ1) is 9.17. The number of unbranched alkanes of at least 4 members (excludes halogenated alkanes) is 2. The molecule has 1 fully saturated rings.